The van der Waals surface area contributed by atoms with E-state index in [0.29, 0.717) is 35.9 Å². The van der Waals surface area contributed by atoms with E-state index in [1.165, 1.54) is 0 Å². The Balaban J connectivity index is 0.852. The average molecular weight is 661 g/mol. The van der Waals surface area contributed by atoms with Gasteiger partial charge in [-0.3, -0.25) is 0 Å². The van der Waals surface area contributed by atoms with Crippen molar-refractivity contribution in [1.82, 2.24) is 0 Å². The standard InChI is InChI=1S/C37H40O11/c1-23-2-5-27(6-3-23)36(38)41-18-32-34-35(47-21-44-32)33(45-22-46-34)19-42-37(39)28-9-7-25(8-10-28)26-11-13-29(14-12-26)43-20-40-17-24-4-15-30-31(16-24)48-30/h2-3,5-14,24,30-35H,4,15-22H2,1H3. The predicted octanol–water partition coefficient (Wildman–Crippen LogP) is 5.08. The Bertz CT molecular complexity index is 1520. The average Bonchev–Trinajstić information content (AvgIpc) is 3.91. The van der Waals surface area contributed by atoms with Crippen LogP contribution in [0.5, 0.6) is 5.75 Å². The van der Waals surface area contributed by atoms with Crippen LogP contribution in [0.3, 0.4) is 0 Å². The molecule has 0 spiro atoms. The number of hydrogen-bond donors (Lipinski definition) is 0. The number of benzene rings is 3. The van der Waals surface area contributed by atoms with E-state index in [0.717, 1.165) is 41.7 Å². The quantitative estimate of drug-likeness (QED) is 0.112. The second kappa shape index (κ2) is 15.1. The van der Waals surface area contributed by atoms with Crippen LogP contribution >= 0.6 is 0 Å². The Morgan fingerprint density at radius 2 is 1.23 bits per heavy atom. The van der Waals surface area contributed by atoms with Gasteiger partial charge in [0.1, 0.15) is 57.0 Å². The molecule has 7 unspecified atom stereocenters. The van der Waals surface area contributed by atoms with Gasteiger partial charge in [-0.2, -0.15) is 0 Å². The van der Waals surface area contributed by atoms with Gasteiger partial charge in [0.05, 0.1) is 29.9 Å². The molecule has 4 fully saturated rings. The Morgan fingerprint density at radius 3 is 1.81 bits per heavy atom. The van der Waals surface area contributed by atoms with Crippen LogP contribution in [0.2, 0.25) is 0 Å². The molecular weight excluding hydrogens is 620 g/mol. The molecule has 0 bridgehead atoms. The molecule has 3 aromatic carbocycles. The van der Waals surface area contributed by atoms with Crippen molar-refractivity contribution < 1.29 is 52.2 Å². The molecule has 4 aliphatic rings. The van der Waals surface area contributed by atoms with E-state index < -0.39 is 36.4 Å². The summed E-state index contributed by atoms with van der Waals surface area (Å²) in [5, 5.41) is 0. The first kappa shape index (κ1) is 32.7. The normalized spacial score (nSPS) is 27.6. The van der Waals surface area contributed by atoms with Crippen molar-refractivity contribution in [3.63, 3.8) is 0 Å². The first-order chi connectivity index (χ1) is 23.5. The van der Waals surface area contributed by atoms with Gasteiger partial charge in [-0.05, 0) is 79.6 Å². The third-order valence-electron chi connectivity index (χ3n) is 9.27. The van der Waals surface area contributed by atoms with Gasteiger partial charge in [0, 0.05) is 0 Å². The zero-order valence-corrected chi connectivity index (χ0v) is 26.8. The zero-order valence-electron chi connectivity index (χ0n) is 26.8. The lowest BCUT2D eigenvalue weighted by Gasteiger charge is -2.43. The van der Waals surface area contributed by atoms with Gasteiger partial charge in [-0.15, -0.1) is 0 Å². The molecule has 3 aliphatic heterocycles. The highest BCUT2D eigenvalue weighted by atomic mass is 16.8. The predicted molar refractivity (Wildman–Crippen MR) is 170 cm³/mol. The van der Waals surface area contributed by atoms with E-state index in [9.17, 15) is 9.59 Å². The van der Waals surface area contributed by atoms with Crippen molar-refractivity contribution in [2.45, 2.75) is 62.8 Å². The van der Waals surface area contributed by atoms with E-state index in [-0.39, 0.29) is 33.6 Å². The zero-order chi connectivity index (χ0) is 32.9. The molecule has 7 atom stereocenters. The monoisotopic (exact) mass is 660 g/mol. The molecule has 3 aromatic rings. The number of aryl methyl sites for hydroxylation is 1. The molecule has 1 aliphatic carbocycles. The lowest BCUT2D eigenvalue weighted by atomic mass is 9.90. The maximum Gasteiger partial charge on any atom is 0.338 e. The number of carbonyl (C=O) groups is 2. The number of rotatable bonds is 12. The molecule has 1 saturated carbocycles. The van der Waals surface area contributed by atoms with Crippen molar-refractivity contribution in [2.75, 3.05) is 40.2 Å². The molecule has 0 amide bonds. The van der Waals surface area contributed by atoms with Gasteiger partial charge < -0.3 is 42.6 Å². The molecule has 3 heterocycles. The fraction of sp³-hybridized carbons (Fsp3) is 0.459. The van der Waals surface area contributed by atoms with Gasteiger partial charge in [-0.25, -0.2) is 9.59 Å². The van der Waals surface area contributed by atoms with Gasteiger partial charge in [0.15, 0.2) is 6.79 Å². The fourth-order valence-corrected chi connectivity index (χ4v) is 6.39. The molecule has 0 radical (unpaired) electrons. The van der Waals surface area contributed by atoms with Crippen LogP contribution in [0.1, 0.15) is 45.5 Å². The summed E-state index contributed by atoms with van der Waals surface area (Å²) in [6.07, 6.45) is 2.06. The van der Waals surface area contributed by atoms with Crippen LogP contribution in [-0.2, 0) is 37.9 Å². The maximum atomic E-state index is 12.9. The van der Waals surface area contributed by atoms with Gasteiger partial charge in [-0.1, -0.05) is 42.0 Å². The second-order valence-corrected chi connectivity index (χ2v) is 12.6. The van der Waals surface area contributed by atoms with E-state index in [4.69, 9.17) is 42.6 Å². The topological polar surface area (TPSA) is 121 Å². The molecule has 3 saturated heterocycles. The second-order valence-electron chi connectivity index (χ2n) is 12.6. The Labute approximate surface area is 279 Å². The fourth-order valence-electron chi connectivity index (χ4n) is 6.39. The van der Waals surface area contributed by atoms with Gasteiger partial charge in [0.25, 0.3) is 0 Å². The first-order valence-corrected chi connectivity index (χ1v) is 16.4. The maximum absolute atomic E-state index is 12.9. The number of ether oxygens (including phenoxy) is 9. The van der Waals surface area contributed by atoms with Crippen LogP contribution in [0.25, 0.3) is 11.1 Å². The van der Waals surface area contributed by atoms with Crippen molar-refractivity contribution in [1.29, 1.82) is 0 Å². The van der Waals surface area contributed by atoms with Crippen molar-refractivity contribution in [2.24, 2.45) is 5.92 Å². The molecule has 48 heavy (non-hydrogen) atoms. The minimum absolute atomic E-state index is 0.0161. The molecule has 11 heteroatoms. The number of epoxide rings is 1. The third kappa shape index (κ3) is 8.06. The lowest BCUT2D eigenvalue weighted by molar-refractivity contribution is -0.328. The third-order valence-corrected chi connectivity index (χ3v) is 9.27. The molecular formula is C37H40O11. The van der Waals surface area contributed by atoms with E-state index in [2.05, 4.69) is 0 Å². The number of esters is 2. The number of hydrogen-bond acceptors (Lipinski definition) is 11. The Kier molecular flexibility index (Phi) is 10.3. The summed E-state index contributed by atoms with van der Waals surface area (Å²) < 4.78 is 51.2. The summed E-state index contributed by atoms with van der Waals surface area (Å²) in [6, 6.07) is 22.1. The summed E-state index contributed by atoms with van der Waals surface area (Å²) in [6.45, 7) is 2.72. The number of fused-ring (bicyclic) bond motifs is 2. The summed E-state index contributed by atoms with van der Waals surface area (Å²) in [5.74, 6) is 0.347. The minimum Gasteiger partial charge on any atom is -0.468 e. The van der Waals surface area contributed by atoms with Crippen LogP contribution in [-0.4, -0.2) is 88.8 Å². The van der Waals surface area contributed by atoms with E-state index in [1.54, 1.807) is 24.3 Å². The molecule has 0 aromatic heterocycles. The summed E-state index contributed by atoms with van der Waals surface area (Å²) in [7, 11) is 0. The Hall–Kier alpha value is -3.84. The van der Waals surface area contributed by atoms with Gasteiger partial charge in [0.2, 0.25) is 0 Å². The molecule has 0 N–H and O–H groups in total. The van der Waals surface area contributed by atoms with Crippen LogP contribution < -0.4 is 4.74 Å². The first-order valence-electron chi connectivity index (χ1n) is 16.4. The Morgan fingerprint density at radius 1 is 0.667 bits per heavy atom. The van der Waals surface area contributed by atoms with E-state index in [1.807, 2.05) is 55.5 Å². The SMILES string of the molecule is Cc1ccc(C(=O)OCC2OCOC3C(COC(=O)c4ccc(-c5ccc(OCOCC6CCC7OC7C6)cc5)cc4)OCOC23)cc1. The summed E-state index contributed by atoms with van der Waals surface area (Å²) >= 11 is 0. The van der Waals surface area contributed by atoms with Crippen molar-refractivity contribution in [3.05, 3.63) is 89.5 Å². The summed E-state index contributed by atoms with van der Waals surface area (Å²) in [5.41, 5.74) is 3.86. The van der Waals surface area contributed by atoms with Crippen LogP contribution in [0.15, 0.2) is 72.8 Å². The van der Waals surface area contributed by atoms with E-state index >= 15 is 0 Å². The number of carbonyl (C=O) groups excluding carboxylic acids is 2. The highest BCUT2D eigenvalue weighted by Crippen LogP contribution is 2.39. The van der Waals surface area contributed by atoms with Crippen LogP contribution in [0.4, 0.5) is 0 Å². The van der Waals surface area contributed by atoms with Crippen molar-refractivity contribution >= 4 is 11.9 Å². The highest BCUT2D eigenvalue weighted by Gasteiger charge is 2.45. The largest absolute Gasteiger partial charge is 0.468 e. The molecule has 7 rings (SSSR count). The minimum atomic E-state index is -0.579. The molecule has 11 nitrogen and oxygen atoms in total. The summed E-state index contributed by atoms with van der Waals surface area (Å²) in [4.78, 5) is 25.4. The lowest BCUT2D eigenvalue weighted by Crippen LogP contribution is -2.59. The van der Waals surface area contributed by atoms with Crippen LogP contribution in [0, 0.1) is 12.8 Å². The smallest absolute Gasteiger partial charge is 0.338 e. The highest BCUT2D eigenvalue weighted by molar-refractivity contribution is 5.90. The van der Waals surface area contributed by atoms with Gasteiger partial charge >= 0.3 is 11.9 Å². The molecule has 254 valence electrons. The van der Waals surface area contributed by atoms with Crippen molar-refractivity contribution in [3.8, 4) is 16.9 Å².